The Bertz CT molecular complexity index is 1450. The van der Waals surface area contributed by atoms with E-state index in [0.717, 1.165) is 37.0 Å². The minimum absolute atomic E-state index is 0.0455. The molecule has 1 unspecified atom stereocenters. The summed E-state index contributed by atoms with van der Waals surface area (Å²) in [6.07, 6.45) is -0.897. The van der Waals surface area contributed by atoms with Crippen LogP contribution in [0, 0.1) is 0 Å². The molecular formula is C24H28N6O4. The maximum absolute atomic E-state index is 12.7. The number of aliphatic hydroxyl groups is 1. The van der Waals surface area contributed by atoms with Crippen LogP contribution in [-0.2, 0) is 13.6 Å². The SMILES string of the molecule is CN1CCN(c2nc3c(c(=O)[nH]c(=O)n3C)n2CC(O)COc2ccc3ccccc3c2)CC1. The highest BCUT2D eigenvalue weighted by Gasteiger charge is 2.25. The number of likely N-dealkylation sites (N-methyl/N-ethyl adjacent to an activating group) is 1. The molecule has 0 saturated carbocycles. The van der Waals surface area contributed by atoms with Crippen LogP contribution in [0.25, 0.3) is 21.9 Å². The lowest BCUT2D eigenvalue weighted by Crippen LogP contribution is -2.45. The topological polar surface area (TPSA) is 109 Å². The number of piperazine rings is 1. The normalized spacial score (nSPS) is 15.8. The zero-order valence-corrected chi connectivity index (χ0v) is 19.3. The Kier molecular flexibility index (Phi) is 5.84. The van der Waals surface area contributed by atoms with Gasteiger partial charge in [0.15, 0.2) is 11.2 Å². The zero-order chi connectivity index (χ0) is 23.8. The summed E-state index contributed by atoms with van der Waals surface area (Å²) >= 11 is 0. The van der Waals surface area contributed by atoms with E-state index >= 15 is 0 Å². The average molecular weight is 465 g/mol. The Labute approximate surface area is 195 Å². The van der Waals surface area contributed by atoms with Crippen molar-refractivity contribution >= 4 is 27.9 Å². The first-order chi connectivity index (χ1) is 16.4. The van der Waals surface area contributed by atoms with Gasteiger partial charge in [0.2, 0.25) is 5.95 Å². The van der Waals surface area contributed by atoms with Crippen molar-refractivity contribution in [3.8, 4) is 5.75 Å². The van der Waals surface area contributed by atoms with Gasteiger partial charge in [-0.1, -0.05) is 30.3 Å². The molecule has 0 bridgehead atoms. The standard InChI is InChI=1S/C24H28N6O4/c1-27-9-11-29(12-10-27)23-25-21-20(22(32)26-24(33)28(21)2)30(23)14-18(31)15-34-19-8-7-16-5-3-4-6-17(16)13-19/h3-8,13,18,31H,9-12,14-15H2,1-2H3,(H,26,32,33). The van der Waals surface area contributed by atoms with Crippen LogP contribution in [0.3, 0.4) is 0 Å². The molecule has 10 nitrogen and oxygen atoms in total. The van der Waals surface area contributed by atoms with Gasteiger partial charge in [0.05, 0.1) is 6.54 Å². The van der Waals surface area contributed by atoms with Gasteiger partial charge in [-0.3, -0.25) is 14.3 Å². The molecule has 10 heteroatoms. The van der Waals surface area contributed by atoms with E-state index in [1.807, 2.05) is 42.5 Å². The van der Waals surface area contributed by atoms with Crippen LogP contribution in [-0.4, -0.2) is 75.0 Å². The zero-order valence-electron chi connectivity index (χ0n) is 19.3. The number of benzene rings is 2. The monoisotopic (exact) mass is 464 g/mol. The van der Waals surface area contributed by atoms with Gasteiger partial charge in [0.25, 0.3) is 5.56 Å². The Hall–Kier alpha value is -3.63. The number of H-pyrrole nitrogens is 1. The fraction of sp³-hybridized carbons (Fsp3) is 0.375. The highest BCUT2D eigenvalue weighted by atomic mass is 16.5. The van der Waals surface area contributed by atoms with E-state index in [1.165, 1.54) is 4.57 Å². The fourth-order valence-corrected chi connectivity index (χ4v) is 4.36. The van der Waals surface area contributed by atoms with Crippen molar-refractivity contribution in [2.75, 3.05) is 44.7 Å². The summed E-state index contributed by atoms with van der Waals surface area (Å²) in [6, 6.07) is 13.8. The van der Waals surface area contributed by atoms with Crippen molar-refractivity contribution in [3.05, 3.63) is 63.3 Å². The predicted octanol–water partition coefficient (Wildman–Crippen LogP) is 0.768. The minimum atomic E-state index is -0.897. The molecular weight excluding hydrogens is 436 g/mol. The number of hydrogen-bond donors (Lipinski definition) is 2. The molecule has 34 heavy (non-hydrogen) atoms. The van der Waals surface area contributed by atoms with Crippen LogP contribution >= 0.6 is 0 Å². The Morgan fingerprint density at radius 2 is 1.79 bits per heavy atom. The highest BCUT2D eigenvalue weighted by molar-refractivity contribution is 5.83. The summed E-state index contributed by atoms with van der Waals surface area (Å²) in [4.78, 5) is 36.2. The Morgan fingerprint density at radius 3 is 2.56 bits per heavy atom. The van der Waals surface area contributed by atoms with Gasteiger partial charge in [-0.15, -0.1) is 0 Å². The smallest absolute Gasteiger partial charge is 0.329 e. The van der Waals surface area contributed by atoms with Crippen LogP contribution in [0.2, 0.25) is 0 Å². The number of fused-ring (bicyclic) bond motifs is 2. The van der Waals surface area contributed by atoms with E-state index < -0.39 is 17.4 Å². The highest BCUT2D eigenvalue weighted by Crippen LogP contribution is 2.23. The first kappa shape index (κ1) is 22.2. The Balaban J connectivity index is 1.43. The van der Waals surface area contributed by atoms with Crippen molar-refractivity contribution in [3.63, 3.8) is 0 Å². The number of aliphatic hydroxyl groups excluding tert-OH is 1. The van der Waals surface area contributed by atoms with Crippen molar-refractivity contribution in [2.24, 2.45) is 7.05 Å². The molecule has 1 aliphatic rings. The van der Waals surface area contributed by atoms with Crippen LogP contribution < -0.4 is 20.9 Å². The molecule has 1 saturated heterocycles. The van der Waals surface area contributed by atoms with Gasteiger partial charge in [-0.2, -0.15) is 4.98 Å². The molecule has 2 N–H and O–H groups in total. The molecule has 2 aromatic carbocycles. The summed E-state index contributed by atoms with van der Waals surface area (Å²) in [5, 5.41) is 13.0. The first-order valence-corrected chi connectivity index (χ1v) is 11.3. The second-order valence-electron chi connectivity index (χ2n) is 8.78. The molecule has 3 heterocycles. The van der Waals surface area contributed by atoms with Crippen molar-refractivity contribution < 1.29 is 9.84 Å². The number of aromatic amines is 1. The van der Waals surface area contributed by atoms with Gasteiger partial charge in [0.1, 0.15) is 18.5 Å². The van der Waals surface area contributed by atoms with Crippen LogP contribution in [0.15, 0.2) is 52.1 Å². The lowest BCUT2D eigenvalue weighted by molar-refractivity contribution is 0.0936. The van der Waals surface area contributed by atoms with Gasteiger partial charge in [-0.05, 0) is 30.0 Å². The quantitative estimate of drug-likeness (QED) is 0.434. The van der Waals surface area contributed by atoms with E-state index in [0.29, 0.717) is 17.3 Å². The number of hydrogen-bond acceptors (Lipinski definition) is 7. The summed E-state index contributed by atoms with van der Waals surface area (Å²) < 4.78 is 8.89. The van der Waals surface area contributed by atoms with E-state index in [2.05, 4.69) is 26.8 Å². The summed E-state index contributed by atoms with van der Waals surface area (Å²) in [5.74, 6) is 1.23. The molecule has 1 fully saturated rings. The average Bonchev–Trinajstić information content (AvgIpc) is 3.21. The van der Waals surface area contributed by atoms with Crippen LogP contribution in [0.1, 0.15) is 0 Å². The molecule has 4 aromatic rings. The molecule has 0 spiro atoms. The molecule has 1 atom stereocenters. The van der Waals surface area contributed by atoms with E-state index in [-0.39, 0.29) is 18.7 Å². The maximum Gasteiger partial charge on any atom is 0.329 e. The molecule has 1 aliphatic heterocycles. The molecule has 5 rings (SSSR count). The number of aryl methyl sites for hydroxylation is 1. The molecule has 178 valence electrons. The molecule has 2 aromatic heterocycles. The minimum Gasteiger partial charge on any atom is -0.491 e. The second kappa shape index (κ2) is 8.96. The van der Waals surface area contributed by atoms with Crippen molar-refractivity contribution in [1.82, 2.24) is 24.0 Å². The lowest BCUT2D eigenvalue weighted by atomic mass is 10.1. The molecule has 0 radical (unpaired) electrons. The number of ether oxygens (including phenoxy) is 1. The molecule has 0 aliphatic carbocycles. The van der Waals surface area contributed by atoms with Crippen molar-refractivity contribution in [1.29, 1.82) is 0 Å². The second-order valence-corrected chi connectivity index (χ2v) is 8.78. The third-order valence-electron chi connectivity index (χ3n) is 6.33. The van der Waals surface area contributed by atoms with Gasteiger partial charge >= 0.3 is 5.69 Å². The summed E-state index contributed by atoms with van der Waals surface area (Å²) in [6.45, 7) is 3.32. The molecule has 0 amide bonds. The number of imidazole rings is 1. The summed E-state index contributed by atoms with van der Waals surface area (Å²) in [7, 11) is 3.63. The van der Waals surface area contributed by atoms with E-state index in [1.54, 1.807) is 11.6 Å². The van der Waals surface area contributed by atoms with E-state index in [9.17, 15) is 14.7 Å². The third kappa shape index (κ3) is 4.17. The number of aromatic nitrogens is 4. The summed E-state index contributed by atoms with van der Waals surface area (Å²) in [5.41, 5.74) is -0.480. The first-order valence-electron chi connectivity index (χ1n) is 11.3. The van der Waals surface area contributed by atoms with Crippen LogP contribution in [0.4, 0.5) is 5.95 Å². The van der Waals surface area contributed by atoms with Gasteiger partial charge in [-0.25, -0.2) is 4.79 Å². The maximum atomic E-state index is 12.7. The van der Waals surface area contributed by atoms with Crippen LogP contribution in [0.5, 0.6) is 5.75 Å². The number of nitrogens with one attached hydrogen (secondary N) is 1. The van der Waals surface area contributed by atoms with Crippen molar-refractivity contribution in [2.45, 2.75) is 12.6 Å². The largest absolute Gasteiger partial charge is 0.491 e. The number of nitrogens with zero attached hydrogens (tertiary/aromatic N) is 5. The van der Waals surface area contributed by atoms with E-state index in [4.69, 9.17) is 4.74 Å². The third-order valence-corrected chi connectivity index (χ3v) is 6.33. The predicted molar refractivity (Wildman–Crippen MR) is 131 cm³/mol. The van der Waals surface area contributed by atoms with Gasteiger partial charge < -0.3 is 24.2 Å². The fourth-order valence-electron chi connectivity index (χ4n) is 4.36. The lowest BCUT2D eigenvalue weighted by Gasteiger charge is -2.33. The number of rotatable bonds is 6. The van der Waals surface area contributed by atoms with Gasteiger partial charge in [0, 0.05) is 33.2 Å². The Morgan fingerprint density at radius 1 is 1.06 bits per heavy atom. The number of anilines is 1.